The van der Waals surface area contributed by atoms with Gasteiger partial charge in [0.05, 0.1) is 16.4 Å². The Bertz CT molecular complexity index is 1440. The van der Waals surface area contributed by atoms with Crippen LogP contribution in [-0.2, 0) is 16.9 Å². The molecule has 0 bridgehead atoms. The van der Waals surface area contributed by atoms with Gasteiger partial charge in [-0.2, -0.15) is 4.68 Å². The third-order valence-corrected chi connectivity index (χ3v) is 7.04. The molecule has 2 aliphatic carbocycles. The fourth-order valence-corrected chi connectivity index (χ4v) is 4.40. The second-order valence-electron chi connectivity index (χ2n) is 9.30. The van der Waals surface area contributed by atoms with Gasteiger partial charge in [-0.3, -0.25) is 18.9 Å². The standard InChI is InChI=1S/C25H24N4O3S/c1-24(11-12-24)16-28-20-9-8-18(25(27-33)13-14-25)15-19(20)22(31)29(23(28)32)26-21(30)10-7-17-5-3-2-4-6-17/h2-6,8-9,15,27,33H,11-14,16H2,1H3,(H,26,30). The van der Waals surface area contributed by atoms with E-state index < -0.39 is 17.2 Å². The van der Waals surface area contributed by atoms with E-state index >= 15 is 0 Å². The average Bonchev–Trinajstić information content (AvgIpc) is 3.76. The lowest BCUT2D eigenvalue weighted by atomic mass is 10.0. The number of carbonyl (C=O) groups excluding carboxylic acids is 1. The first kappa shape index (κ1) is 21.6. The Morgan fingerprint density at radius 1 is 1.09 bits per heavy atom. The number of amides is 1. The van der Waals surface area contributed by atoms with Crippen molar-refractivity contribution in [3.05, 3.63) is 80.5 Å². The van der Waals surface area contributed by atoms with Gasteiger partial charge in [0.2, 0.25) is 0 Å². The molecule has 2 N–H and O–H groups in total. The van der Waals surface area contributed by atoms with Crippen LogP contribution in [0, 0.1) is 17.3 Å². The summed E-state index contributed by atoms with van der Waals surface area (Å²) in [5.41, 5.74) is 3.18. The van der Waals surface area contributed by atoms with Gasteiger partial charge in [0.1, 0.15) is 0 Å². The number of aromatic nitrogens is 2. The maximum Gasteiger partial charge on any atom is 0.350 e. The highest BCUT2D eigenvalue weighted by Gasteiger charge is 2.44. The van der Waals surface area contributed by atoms with Gasteiger partial charge in [-0.25, -0.2) is 10.2 Å². The van der Waals surface area contributed by atoms with Crippen molar-refractivity contribution >= 4 is 29.6 Å². The maximum absolute atomic E-state index is 13.3. The minimum Gasteiger partial charge on any atom is -0.291 e. The van der Waals surface area contributed by atoms with Crippen LogP contribution in [-0.4, -0.2) is 15.2 Å². The quantitative estimate of drug-likeness (QED) is 0.404. The summed E-state index contributed by atoms with van der Waals surface area (Å²) in [6.45, 7) is 2.59. The van der Waals surface area contributed by atoms with Crippen molar-refractivity contribution in [2.75, 3.05) is 5.43 Å². The molecule has 5 rings (SSSR count). The second-order valence-corrected chi connectivity index (χ2v) is 9.53. The van der Waals surface area contributed by atoms with Crippen molar-refractivity contribution in [2.24, 2.45) is 5.41 Å². The first-order chi connectivity index (χ1) is 15.8. The summed E-state index contributed by atoms with van der Waals surface area (Å²) in [6, 6.07) is 14.6. The van der Waals surface area contributed by atoms with Crippen LogP contribution in [0.5, 0.6) is 0 Å². The molecule has 0 unspecified atom stereocenters. The molecule has 8 heteroatoms. The second kappa shape index (κ2) is 7.94. The molecule has 1 aromatic heterocycles. The maximum atomic E-state index is 13.3. The zero-order valence-electron chi connectivity index (χ0n) is 18.2. The van der Waals surface area contributed by atoms with E-state index in [0.29, 0.717) is 23.0 Å². The van der Waals surface area contributed by atoms with E-state index in [0.717, 1.165) is 35.9 Å². The molecule has 0 saturated heterocycles. The molecule has 7 nitrogen and oxygen atoms in total. The highest BCUT2D eigenvalue weighted by Crippen LogP contribution is 2.47. The van der Waals surface area contributed by atoms with Crippen LogP contribution in [0.25, 0.3) is 10.9 Å². The molecular weight excluding hydrogens is 436 g/mol. The van der Waals surface area contributed by atoms with E-state index in [2.05, 4.69) is 41.7 Å². The summed E-state index contributed by atoms with van der Waals surface area (Å²) >= 11 is 4.25. The number of rotatable bonds is 5. The molecular formula is C25H24N4O3S. The summed E-state index contributed by atoms with van der Waals surface area (Å²) in [6.07, 6.45) is 3.86. The molecule has 1 heterocycles. The Balaban J connectivity index is 1.60. The van der Waals surface area contributed by atoms with Crippen LogP contribution in [0.15, 0.2) is 58.1 Å². The third-order valence-electron chi connectivity index (χ3n) is 6.61. The van der Waals surface area contributed by atoms with E-state index in [4.69, 9.17) is 0 Å². The van der Waals surface area contributed by atoms with Crippen molar-refractivity contribution < 1.29 is 4.79 Å². The normalized spacial score (nSPS) is 17.2. The highest BCUT2D eigenvalue weighted by atomic mass is 32.1. The molecule has 2 fully saturated rings. The van der Waals surface area contributed by atoms with E-state index in [1.54, 1.807) is 22.8 Å². The topological polar surface area (TPSA) is 85.1 Å². The molecule has 0 aliphatic heterocycles. The number of hydrogen-bond acceptors (Lipinski definition) is 5. The molecule has 168 valence electrons. The Morgan fingerprint density at radius 2 is 1.82 bits per heavy atom. The Morgan fingerprint density at radius 3 is 2.45 bits per heavy atom. The molecule has 0 atom stereocenters. The molecule has 3 aromatic rings. The Kier molecular flexibility index (Phi) is 5.19. The van der Waals surface area contributed by atoms with Crippen LogP contribution in [0.1, 0.15) is 43.7 Å². The van der Waals surface area contributed by atoms with E-state index in [-0.39, 0.29) is 11.0 Å². The SMILES string of the molecule is CC1(Cn2c(=O)n(NC(=O)C#Cc3ccccc3)c(=O)c3cc(C4(NS)CC4)ccc32)CC1. The summed E-state index contributed by atoms with van der Waals surface area (Å²) in [4.78, 5) is 39.1. The molecule has 2 aromatic carbocycles. The summed E-state index contributed by atoms with van der Waals surface area (Å²) in [5.74, 6) is 4.47. The largest absolute Gasteiger partial charge is 0.350 e. The van der Waals surface area contributed by atoms with Gasteiger partial charge in [-0.15, -0.1) is 0 Å². The fourth-order valence-electron chi connectivity index (χ4n) is 4.05. The van der Waals surface area contributed by atoms with Gasteiger partial charge in [-0.05, 0) is 60.9 Å². The first-order valence-electron chi connectivity index (χ1n) is 10.9. The van der Waals surface area contributed by atoms with Crippen molar-refractivity contribution in [3.8, 4) is 11.8 Å². The number of hydrogen-bond donors (Lipinski definition) is 3. The summed E-state index contributed by atoms with van der Waals surface area (Å²) in [7, 11) is 0. The zero-order chi connectivity index (χ0) is 23.2. The number of thiol groups is 1. The predicted molar refractivity (Wildman–Crippen MR) is 131 cm³/mol. The van der Waals surface area contributed by atoms with Crippen LogP contribution in [0.3, 0.4) is 0 Å². The van der Waals surface area contributed by atoms with Crippen molar-refractivity contribution in [1.29, 1.82) is 0 Å². The number of carbonyl (C=O) groups is 1. The van der Waals surface area contributed by atoms with Crippen LogP contribution < -0.4 is 21.4 Å². The van der Waals surface area contributed by atoms with Crippen molar-refractivity contribution in [1.82, 2.24) is 14.0 Å². The van der Waals surface area contributed by atoms with Gasteiger partial charge < -0.3 is 0 Å². The van der Waals surface area contributed by atoms with Gasteiger partial charge in [0, 0.05) is 18.0 Å². The number of nitrogens with one attached hydrogen (secondary N) is 2. The van der Waals surface area contributed by atoms with E-state index in [1.165, 1.54) is 0 Å². The van der Waals surface area contributed by atoms with Gasteiger partial charge in [-0.1, -0.05) is 49.9 Å². The lowest BCUT2D eigenvalue weighted by Crippen LogP contribution is -2.47. The van der Waals surface area contributed by atoms with Crippen LogP contribution >= 0.6 is 12.8 Å². The van der Waals surface area contributed by atoms with Crippen LogP contribution in [0.2, 0.25) is 0 Å². The number of benzene rings is 2. The zero-order valence-corrected chi connectivity index (χ0v) is 19.1. The predicted octanol–water partition coefficient (Wildman–Crippen LogP) is 2.51. The molecule has 0 radical (unpaired) electrons. The molecule has 0 spiro atoms. The minimum absolute atomic E-state index is 0.0130. The number of fused-ring (bicyclic) bond motifs is 1. The van der Waals surface area contributed by atoms with E-state index in [9.17, 15) is 14.4 Å². The van der Waals surface area contributed by atoms with Gasteiger partial charge in [0.15, 0.2) is 0 Å². The fraction of sp³-hybridized carbons (Fsp3) is 0.320. The lowest BCUT2D eigenvalue weighted by molar-refractivity contribution is -0.112. The van der Waals surface area contributed by atoms with Gasteiger partial charge in [0.25, 0.3) is 5.56 Å². The Labute approximate surface area is 196 Å². The molecule has 2 aliphatic rings. The third kappa shape index (κ3) is 4.10. The highest BCUT2D eigenvalue weighted by molar-refractivity contribution is 7.78. The molecule has 2 saturated carbocycles. The first-order valence-corrected chi connectivity index (χ1v) is 11.4. The van der Waals surface area contributed by atoms with Gasteiger partial charge >= 0.3 is 11.6 Å². The molecule has 33 heavy (non-hydrogen) atoms. The molecule has 1 amide bonds. The summed E-state index contributed by atoms with van der Waals surface area (Å²) in [5, 5.41) is 0.377. The summed E-state index contributed by atoms with van der Waals surface area (Å²) < 4.78 is 5.41. The minimum atomic E-state index is -0.728. The van der Waals surface area contributed by atoms with E-state index in [1.807, 2.05) is 30.3 Å². The Hall–Kier alpha value is -3.28. The van der Waals surface area contributed by atoms with Crippen molar-refractivity contribution in [3.63, 3.8) is 0 Å². The average molecular weight is 461 g/mol. The smallest absolute Gasteiger partial charge is 0.291 e. The van der Waals surface area contributed by atoms with Crippen LogP contribution in [0.4, 0.5) is 0 Å². The van der Waals surface area contributed by atoms with Crippen molar-refractivity contribution in [2.45, 2.75) is 44.7 Å². The lowest BCUT2D eigenvalue weighted by Gasteiger charge is -2.19. The monoisotopic (exact) mass is 460 g/mol. The number of nitrogens with zero attached hydrogens (tertiary/aromatic N) is 2.